The van der Waals surface area contributed by atoms with Crippen molar-refractivity contribution in [3.8, 4) is 11.5 Å². The van der Waals surface area contributed by atoms with Crippen LogP contribution in [-0.4, -0.2) is 55.0 Å². The molecule has 4 atom stereocenters. The predicted octanol–water partition coefficient (Wildman–Crippen LogP) is 4.60. The zero-order valence-electron chi connectivity index (χ0n) is 23.7. The molecule has 1 aliphatic heterocycles. The lowest BCUT2D eigenvalue weighted by Gasteiger charge is -2.31. The Balaban J connectivity index is 1.74. The SMILES string of the molecule is CCCCC1C(C)OC(=O)C(NC(=O)c2nccc(OC)c2OCOC(C)=O)CCCC1OCc1ccccc1. The van der Waals surface area contributed by atoms with Gasteiger partial charge in [-0.05, 0) is 38.2 Å². The lowest BCUT2D eigenvalue weighted by Crippen LogP contribution is -2.43. The molecule has 1 aromatic heterocycles. The Morgan fingerprint density at radius 2 is 1.93 bits per heavy atom. The van der Waals surface area contributed by atoms with Gasteiger partial charge in [0.2, 0.25) is 6.79 Å². The molecule has 1 fully saturated rings. The van der Waals surface area contributed by atoms with Gasteiger partial charge in [-0.15, -0.1) is 0 Å². The number of unbranched alkanes of at least 4 members (excludes halogenated alkanes) is 1. The van der Waals surface area contributed by atoms with Crippen molar-refractivity contribution in [3.63, 3.8) is 0 Å². The fourth-order valence-corrected chi connectivity index (χ4v) is 4.78. The minimum atomic E-state index is -0.885. The van der Waals surface area contributed by atoms with E-state index < -0.39 is 36.8 Å². The first-order valence-electron chi connectivity index (χ1n) is 13.8. The first-order valence-corrected chi connectivity index (χ1v) is 13.8. The summed E-state index contributed by atoms with van der Waals surface area (Å²) in [7, 11) is 1.41. The van der Waals surface area contributed by atoms with Crippen LogP contribution in [-0.2, 0) is 30.4 Å². The highest BCUT2D eigenvalue weighted by atomic mass is 16.7. The molecule has 0 saturated carbocycles. The van der Waals surface area contributed by atoms with Crippen molar-refractivity contribution in [1.29, 1.82) is 0 Å². The average Bonchev–Trinajstić information content (AvgIpc) is 2.99. The van der Waals surface area contributed by atoms with Crippen molar-refractivity contribution in [2.45, 2.75) is 84.2 Å². The highest BCUT2D eigenvalue weighted by molar-refractivity contribution is 5.98. The topological polar surface area (TPSA) is 122 Å². The molecular formula is C30H40N2O8. The number of cyclic esters (lactones) is 1. The summed E-state index contributed by atoms with van der Waals surface area (Å²) in [5.74, 6) is -1.41. The fourth-order valence-electron chi connectivity index (χ4n) is 4.78. The maximum absolute atomic E-state index is 13.3. The zero-order chi connectivity index (χ0) is 28.9. The second-order valence-electron chi connectivity index (χ2n) is 9.83. The van der Waals surface area contributed by atoms with E-state index in [-0.39, 0.29) is 29.2 Å². The molecule has 1 aromatic carbocycles. The quantitative estimate of drug-likeness (QED) is 0.295. The number of carbonyl (C=O) groups is 3. The van der Waals surface area contributed by atoms with E-state index in [4.69, 9.17) is 23.7 Å². The van der Waals surface area contributed by atoms with Gasteiger partial charge in [-0.1, -0.05) is 50.1 Å². The van der Waals surface area contributed by atoms with Crippen LogP contribution in [0.3, 0.4) is 0 Å². The van der Waals surface area contributed by atoms with Crippen LogP contribution in [0.1, 0.15) is 75.3 Å². The molecule has 10 heteroatoms. The summed E-state index contributed by atoms with van der Waals surface area (Å²) in [6.45, 7) is 5.32. The number of hydrogen-bond acceptors (Lipinski definition) is 9. The molecular weight excluding hydrogens is 516 g/mol. The molecule has 1 saturated heterocycles. The van der Waals surface area contributed by atoms with Crippen molar-refractivity contribution >= 4 is 17.8 Å². The number of nitrogens with zero attached hydrogens (tertiary/aromatic N) is 1. The number of methoxy groups -OCH3 is 1. The van der Waals surface area contributed by atoms with Crippen LogP contribution in [0.15, 0.2) is 42.6 Å². The molecule has 2 heterocycles. The summed E-state index contributed by atoms with van der Waals surface area (Å²) < 4.78 is 27.9. The molecule has 2 aromatic rings. The second kappa shape index (κ2) is 15.8. The number of benzene rings is 1. The number of hydrogen-bond donors (Lipinski definition) is 1. The van der Waals surface area contributed by atoms with Crippen molar-refractivity contribution in [2.75, 3.05) is 13.9 Å². The normalized spacial score (nSPS) is 21.2. The molecule has 1 aliphatic rings. The summed E-state index contributed by atoms with van der Waals surface area (Å²) in [5, 5.41) is 2.76. The molecule has 40 heavy (non-hydrogen) atoms. The highest BCUT2D eigenvalue weighted by Crippen LogP contribution is 2.31. The largest absolute Gasteiger partial charge is 0.493 e. The minimum absolute atomic E-state index is 0.00237. The van der Waals surface area contributed by atoms with E-state index in [1.54, 1.807) is 0 Å². The molecule has 0 radical (unpaired) electrons. The molecule has 1 amide bonds. The number of esters is 2. The van der Waals surface area contributed by atoms with Gasteiger partial charge < -0.3 is 29.0 Å². The van der Waals surface area contributed by atoms with Crippen LogP contribution in [0.25, 0.3) is 0 Å². The number of amides is 1. The Morgan fingerprint density at radius 3 is 2.62 bits per heavy atom. The molecule has 0 aliphatic carbocycles. The van der Waals surface area contributed by atoms with E-state index in [1.807, 2.05) is 37.3 Å². The summed E-state index contributed by atoms with van der Waals surface area (Å²) >= 11 is 0. The number of ether oxygens (including phenoxy) is 5. The summed E-state index contributed by atoms with van der Waals surface area (Å²) in [6.07, 6.45) is 5.54. The Kier molecular flexibility index (Phi) is 12.2. The van der Waals surface area contributed by atoms with E-state index in [0.29, 0.717) is 19.4 Å². The Bertz CT molecular complexity index is 1110. The number of aromatic nitrogens is 1. The van der Waals surface area contributed by atoms with E-state index in [1.165, 1.54) is 26.3 Å². The van der Waals surface area contributed by atoms with Crippen LogP contribution in [0.2, 0.25) is 0 Å². The third-order valence-electron chi connectivity index (χ3n) is 6.92. The summed E-state index contributed by atoms with van der Waals surface area (Å²) in [4.78, 5) is 41.8. The number of carbonyl (C=O) groups excluding carboxylic acids is 3. The van der Waals surface area contributed by atoms with Gasteiger partial charge in [0, 0.05) is 25.1 Å². The van der Waals surface area contributed by atoms with Crippen LogP contribution in [0, 0.1) is 5.92 Å². The van der Waals surface area contributed by atoms with Gasteiger partial charge in [-0.25, -0.2) is 9.78 Å². The Morgan fingerprint density at radius 1 is 1.15 bits per heavy atom. The summed E-state index contributed by atoms with van der Waals surface area (Å²) in [6, 6.07) is 10.6. The molecule has 218 valence electrons. The minimum Gasteiger partial charge on any atom is -0.493 e. The molecule has 0 spiro atoms. The van der Waals surface area contributed by atoms with Gasteiger partial charge in [0.1, 0.15) is 12.1 Å². The highest BCUT2D eigenvalue weighted by Gasteiger charge is 2.35. The molecule has 4 unspecified atom stereocenters. The van der Waals surface area contributed by atoms with E-state index in [2.05, 4.69) is 17.2 Å². The molecule has 10 nitrogen and oxygen atoms in total. The van der Waals surface area contributed by atoms with Crippen LogP contribution >= 0.6 is 0 Å². The molecule has 3 rings (SSSR count). The first kappa shape index (κ1) is 30.9. The maximum Gasteiger partial charge on any atom is 0.328 e. The number of rotatable bonds is 12. The fraction of sp³-hybridized carbons (Fsp3) is 0.533. The van der Waals surface area contributed by atoms with Gasteiger partial charge in [0.05, 0.1) is 19.8 Å². The van der Waals surface area contributed by atoms with Gasteiger partial charge in [0.25, 0.3) is 5.91 Å². The van der Waals surface area contributed by atoms with Crippen LogP contribution in [0.5, 0.6) is 11.5 Å². The zero-order valence-corrected chi connectivity index (χ0v) is 23.7. The monoisotopic (exact) mass is 556 g/mol. The number of nitrogens with one attached hydrogen (secondary N) is 1. The maximum atomic E-state index is 13.3. The lowest BCUT2D eigenvalue weighted by atomic mass is 9.88. The lowest BCUT2D eigenvalue weighted by molar-refractivity contribution is -0.156. The van der Waals surface area contributed by atoms with Gasteiger partial charge in [-0.2, -0.15) is 0 Å². The van der Waals surface area contributed by atoms with Crippen molar-refractivity contribution in [2.24, 2.45) is 5.92 Å². The summed E-state index contributed by atoms with van der Waals surface area (Å²) in [5.41, 5.74) is 0.987. The standard InChI is InChI=1S/C30H40N2O8/c1-5-6-13-23-20(2)40-30(35)24(14-10-15-25(23)37-18-22-11-8-7-9-12-22)32-29(34)27-28(39-19-38-21(3)33)26(36-4)16-17-31-27/h7-9,11-12,16-17,20,23-25H,5-6,10,13-15,18-19H2,1-4H3,(H,32,34). The van der Waals surface area contributed by atoms with E-state index in [9.17, 15) is 14.4 Å². The third kappa shape index (κ3) is 8.94. The van der Waals surface area contributed by atoms with E-state index >= 15 is 0 Å². The van der Waals surface area contributed by atoms with Crippen LogP contribution in [0.4, 0.5) is 0 Å². The van der Waals surface area contributed by atoms with Crippen molar-refractivity contribution in [1.82, 2.24) is 10.3 Å². The first-order chi connectivity index (χ1) is 19.3. The molecule has 0 bridgehead atoms. The van der Waals surface area contributed by atoms with Crippen LogP contribution < -0.4 is 14.8 Å². The van der Waals surface area contributed by atoms with E-state index in [0.717, 1.165) is 31.2 Å². The smallest absolute Gasteiger partial charge is 0.328 e. The van der Waals surface area contributed by atoms with Crippen molar-refractivity contribution < 1.29 is 38.1 Å². The van der Waals surface area contributed by atoms with Crippen molar-refractivity contribution in [3.05, 3.63) is 53.9 Å². The Hall–Kier alpha value is -3.66. The van der Waals surface area contributed by atoms with Gasteiger partial charge in [-0.3, -0.25) is 9.59 Å². The molecule has 1 N–H and O–H groups in total. The second-order valence-corrected chi connectivity index (χ2v) is 9.83. The van der Waals surface area contributed by atoms with Gasteiger partial charge >= 0.3 is 11.9 Å². The average molecular weight is 557 g/mol. The number of pyridine rings is 1. The van der Waals surface area contributed by atoms with Gasteiger partial charge in [0.15, 0.2) is 17.2 Å². The third-order valence-corrected chi connectivity index (χ3v) is 6.92. The predicted molar refractivity (Wildman–Crippen MR) is 147 cm³/mol. The Labute approximate surface area is 235 Å².